The van der Waals surface area contributed by atoms with Crippen molar-refractivity contribution in [3.8, 4) is 11.3 Å². The summed E-state index contributed by atoms with van der Waals surface area (Å²) in [6, 6.07) is 5.93. The Kier molecular flexibility index (Phi) is 5.13. The highest BCUT2D eigenvalue weighted by Gasteiger charge is 2.37. The lowest BCUT2D eigenvalue weighted by atomic mass is 10.1. The quantitative estimate of drug-likeness (QED) is 0.875. The largest absolute Gasteiger partial charge is 0.378 e. The summed E-state index contributed by atoms with van der Waals surface area (Å²) >= 11 is 0. The maximum atomic E-state index is 13.5. The number of nitrogens with one attached hydrogen (secondary N) is 1. The van der Waals surface area contributed by atoms with Gasteiger partial charge in [-0.05, 0) is 49.6 Å². The lowest BCUT2D eigenvalue weighted by Crippen LogP contribution is -2.51. The fourth-order valence-electron chi connectivity index (χ4n) is 3.80. The maximum absolute atomic E-state index is 13.5. The van der Waals surface area contributed by atoms with E-state index in [9.17, 15) is 14.0 Å². The van der Waals surface area contributed by atoms with Crippen LogP contribution < -0.4 is 0 Å². The van der Waals surface area contributed by atoms with Gasteiger partial charge in [-0.1, -0.05) is 0 Å². The van der Waals surface area contributed by atoms with Crippen molar-refractivity contribution in [2.24, 2.45) is 0 Å². The topological polar surface area (TPSA) is 78.5 Å². The Morgan fingerprint density at radius 1 is 1.21 bits per heavy atom. The van der Waals surface area contributed by atoms with Crippen molar-refractivity contribution in [2.45, 2.75) is 25.8 Å². The molecule has 1 atom stereocenters. The number of aromatic nitrogens is 2. The highest BCUT2D eigenvalue weighted by Crippen LogP contribution is 2.25. The first kappa shape index (κ1) is 18.6. The average Bonchev–Trinajstić information content (AvgIpc) is 3.39. The van der Waals surface area contributed by atoms with Crippen molar-refractivity contribution in [3.05, 3.63) is 41.3 Å². The molecule has 4 rings (SSSR count). The zero-order valence-corrected chi connectivity index (χ0v) is 15.8. The third-order valence-electron chi connectivity index (χ3n) is 5.38. The number of H-pyrrole nitrogens is 1. The predicted octanol–water partition coefficient (Wildman–Crippen LogP) is 1.99. The highest BCUT2D eigenvalue weighted by atomic mass is 19.1. The van der Waals surface area contributed by atoms with Crippen molar-refractivity contribution < 1.29 is 18.7 Å². The van der Waals surface area contributed by atoms with E-state index in [1.165, 1.54) is 6.07 Å². The highest BCUT2D eigenvalue weighted by molar-refractivity contribution is 5.97. The molecule has 2 fully saturated rings. The van der Waals surface area contributed by atoms with Crippen LogP contribution in [0.5, 0.6) is 0 Å². The van der Waals surface area contributed by atoms with Crippen molar-refractivity contribution >= 4 is 11.8 Å². The minimum absolute atomic E-state index is 0.0111. The fraction of sp³-hybridized carbons (Fsp3) is 0.450. The zero-order valence-electron chi connectivity index (χ0n) is 15.8. The number of carbonyl (C=O) groups is 2. The molecule has 0 radical (unpaired) electrons. The van der Waals surface area contributed by atoms with E-state index in [0.29, 0.717) is 56.2 Å². The summed E-state index contributed by atoms with van der Waals surface area (Å²) in [5.41, 5.74) is 2.15. The number of aryl methyl sites for hydroxylation is 1. The van der Waals surface area contributed by atoms with Crippen molar-refractivity contribution in [2.75, 3.05) is 32.8 Å². The number of hydrogen-bond donors (Lipinski definition) is 1. The first-order valence-electron chi connectivity index (χ1n) is 9.54. The summed E-state index contributed by atoms with van der Waals surface area (Å²) in [7, 11) is 0. The minimum atomic E-state index is -0.439. The number of carbonyl (C=O) groups excluding carboxylic acids is 2. The molecule has 148 valence electrons. The van der Waals surface area contributed by atoms with Crippen LogP contribution in [-0.2, 0) is 9.53 Å². The van der Waals surface area contributed by atoms with Crippen molar-refractivity contribution in [3.63, 3.8) is 0 Å². The van der Waals surface area contributed by atoms with Gasteiger partial charge in [0.1, 0.15) is 17.6 Å². The number of ether oxygens (including phenoxy) is 1. The van der Waals surface area contributed by atoms with Gasteiger partial charge in [0.25, 0.3) is 5.91 Å². The lowest BCUT2D eigenvalue weighted by Gasteiger charge is -2.32. The Balaban J connectivity index is 1.51. The number of aromatic amines is 1. The number of amides is 2. The second-order valence-electron chi connectivity index (χ2n) is 7.23. The van der Waals surface area contributed by atoms with Crippen LogP contribution in [0.3, 0.4) is 0 Å². The van der Waals surface area contributed by atoms with Gasteiger partial charge in [-0.25, -0.2) is 4.39 Å². The minimum Gasteiger partial charge on any atom is -0.378 e. The zero-order chi connectivity index (χ0) is 19.7. The summed E-state index contributed by atoms with van der Waals surface area (Å²) < 4.78 is 18.8. The smallest absolute Gasteiger partial charge is 0.272 e. The van der Waals surface area contributed by atoms with Crippen LogP contribution in [0.4, 0.5) is 4.39 Å². The monoisotopic (exact) mass is 386 g/mol. The van der Waals surface area contributed by atoms with Gasteiger partial charge < -0.3 is 14.5 Å². The van der Waals surface area contributed by atoms with E-state index < -0.39 is 6.04 Å². The maximum Gasteiger partial charge on any atom is 0.272 e. The summed E-state index contributed by atoms with van der Waals surface area (Å²) in [6.45, 7) is 4.43. The van der Waals surface area contributed by atoms with Gasteiger partial charge in [-0.2, -0.15) is 5.10 Å². The van der Waals surface area contributed by atoms with E-state index in [4.69, 9.17) is 4.74 Å². The number of halogens is 1. The molecular weight excluding hydrogens is 363 g/mol. The second-order valence-corrected chi connectivity index (χ2v) is 7.23. The Morgan fingerprint density at radius 3 is 2.75 bits per heavy atom. The number of nitrogens with zero attached hydrogens (tertiary/aromatic N) is 3. The van der Waals surface area contributed by atoms with Crippen LogP contribution in [-0.4, -0.2) is 70.7 Å². The van der Waals surface area contributed by atoms with Crippen LogP contribution in [0.2, 0.25) is 0 Å². The van der Waals surface area contributed by atoms with Gasteiger partial charge in [0, 0.05) is 25.2 Å². The van der Waals surface area contributed by atoms with Gasteiger partial charge >= 0.3 is 0 Å². The SMILES string of the molecule is Cc1cc(-c2cc(C(=O)N3CCC[C@H]3C(=O)N3CCOCC3)[nH]n2)ccc1F. The molecule has 2 aliphatic rings. The molecule has 1 N–H and O–H groups in total. The molecule has 1 aromatic carbocycles. The third-order valence-corrected chi connectivity index (χ3v) is 5.38. The predicted molar refractivity (Wildman–Crippen MR) is 100 cm³/mol. The van der Waals surface area contributed by atoms with Crippen LogP contribution in [0.15, 0.2) is 24.3 Å². The van der Waals surface area contributed by atoms with Gasteiger partial charge in [-0.3, -0.25) is 14.7 Å². The fourth-order valence-corrected chi connectivity index (χ4v) is 3.80. The van der Waals surface area contributed by atoms with Crippen LogP contribution in [0.1, 0.15) is 28.9 Å². The molecule has 0 spiro atoms. The standard InChI is InChI=1S/C20H23FN4O3/c1-13-11-14(4-5-15(13)21)16-12-17(23-22-16)19(26)25-6-2-3-18(25)20(27)24-7-9-28-10-8-24/h4-5,11-12,18H,2-3,6-10H2,1H3,(H,22,23)/t18-/m0/s1. The van der Waals surface area contributed by atoms with Crippen LogP contribution in [0.25, 0.3) is 11.3 Å². The molecule has 0 bridgehead atoms. The van der Waals surface area contributed by atoms with E-state index in [2.05, 4.69) is 10.2 Å². The van der Waals surface area contributed by atoms with Crippen LogP contribution >= 0.6 is 0 Å². The van der Waals surface area contributed by atoms with E-state index in [1.807, 2.05) is 0 Å². The van der Waals surface area contributed by atoms with E-state index in [-0.39, 0.29) is 17.6 Å². The molecule has 1 aromatic heterocycles. The normalized spacial score (nSPS) is 19.9. The molecule has 7 nitrogen and oxygen atoms in total. The van der Waals surface area contributed by atoms with Gasteiger partial charge in [0.2, 0.25) is 5.91 Å². The lowest BCUT2D eigenvalue weighted by molar-refractivity contribution is -0.139. The van der Waals surface area contributed by atoms with Gasteiger partial charge in [-0.15, -0.1) is 0 Å². The molecule has 0 aliphatic carbocycles. The van der Waals surface area contributed by atoms with Gasteiger partial charge in [0.15, 0.2) is 0 Å². The van der Waals surface area contributed by atoms with Crippen molar-refractivity contribution in [1.82, 2.24) is 20.0 Å². The first-order chi connectivity index (χ1) is 13.5. The Morgan fingerprint density at radius 2 is 2.00 bits per heavy atom. The number of hydrogen-bond acceptors (Lipinski definition) is 4. The van der Waals surface area contributed by atoms with Gasteiger partial charge in [0.05, 0.1) is 18.9 Å². The molecule has 2 aromatic rings. The third kappa shape index (κ3) is 3.52. The molecule has 8 heteroatoms. The summed E-state index contributed by atoms with van der Waals surface area (Å²) in [5.74, 6) is -0.526. The molecule has 2 amide bonds. The van der Waals surface area contributed by atoms with E-state index in [0.717, 1.165) is 12.0 Å². The Hall–Kier alpha value is -2.74. The van der Waals surface area contributed by atoms with E-state index in [1.54, 1.807) is 34.9 Å². The summed E-state index contributed by atoms with van der Waals surface area (Å²) in [6.07, 6.45) is 1.46. The second kappa shape index (κ2) is 7.71. The molecule has 0 unspecified atom stereocenters. The Labute approximate surface area is 162 Å². The number of benzene rings is 1. The molecule has 3 heterocycles. The number of morpholine rings is 1. The molecule has 0 saturated carbocycles. The van der Waals surface area contributed by atoms with Crippen LogP contribution in [0, 0.1) is 12.7 Å². The summed E-state index contributed by atoms with van der Waals surface area (Å²) in [4.78, 5) is 29.3. The molecule has 2 aliphatic heterocycles. The molecule has 28 heavy (non-hydrogen) atoms. The molecular formula is C20H23FN4O3. The Bertz CT molecular complexity index is 891. The average molecular weight is 386 g/mol. The number of rotatable bonds is 3. The number of likely N-dealkylation sites (tertiary alicyclic amines) is 1. The molecule has 2 saturated heterocycles. The summed E-state index contributed by atoms with van der Waals surface area (Å²) in [5, 5.41) is 6.98. The van der Waals surface area contributed by atoms with Crippen molar-refractivity contribution in [1.29, 1.82) is 0 Å². The first-order valence-corrected chi connectivity index (χ1v) is 9.54. The van der Waals surface area contributed by atoms with E-state index >= 15 is 0 Å².